The first-order chi connectivity index (χ1) is 8.54. The second kappa shape index (κ2) is 6.20. The van der Waals surface area contributed by atoms with Crippen LogP contribution in [0, 0.1) is 11.3 Å². The number of aryl methyl sites for hydroxylation is 1. The molecule has 1 heterocycles. The Kier molecular flexibility index (Phi) is 4.90. The van der Waals surface area contributed by atoms with Crippen molar-refractivity contribution in [3.63, 3.8) is 0 Å². The van der Waals surface area contributed by atoms with E-state index in [-0.39, 0.29) is 12.6 Å². The molecule has 5 heteroatoms. The molecule has 0 aliphatic carbocycles. The van der Waals surface area contributed by atoms with Gasteiger partial charge in [0, 0.05) is 12.8 Å². The van der Waals surface area contributed by atoms with Crippen LogP contribution in [-0.4, -0.2) is 15.6 Å². The fourth-order valence-electron chi connectivity index (χ4n) is 2.16. The van der Waals surface area contributed by atoms with Crippen LogP contribution in [0.1, 0.15) is 44.8 Å². The zero-order valence-corrected chi connectivity index (χ0v) is 11.2. The molecule has 0 radical (unpaired) electrons. The molecule has 1 atom stereocenters. The SMILES string of the molecule is CCCc1c[n+](C(C)C#N)c(CC)n1CC(=O)O. The van der Waals surface area contributed by atoms with Gasteiger partial charge in [-0.1, -0.05) is 13.8 Å². The summed E-state index contributed by atoms with van der Waals surface area (Å²) in [5.41, 5.74) is 0.985. The van der Waals surface area contributed by atoms with E-state index in [1.807, 2.05) is 29.2 Å². The van der Waals surface area contributed by atoms with Gasteiger partial charge in [0.2, 0.25) is 0 Å². The lowest BCUT2D eigenvalue weighted by atomic mass is 10.2. The Morgan fingerprint density at radius 2 is 2.28 bits per heavy atom. The fraction of sp³-hybridized carbons (Fsp3) is 0.615. The smallest absolute Gasteiger partial charge is 0.346 e. The third kappa shape index (κ3) is 2.89. The van der Waals surface area contributed by atoms with Crippen molar-refractivity contribution in [1.82, 2.24) is 4.57 Å². The normalized spacial score (nSPS) is 12.1. The summed E-state index contributed by atoms with van der Waals surface area (Å²) < 4.78 is 3.70. The van der Waals surface area contributed by atoms with Crippen molar-refractivity contribution in [1.29, 1.82) is 5.26 Å². The van der Waals surface area contributed by atoms with Gasteiger partial charge in [0.1, 0.15) is 18.0 Å². The van der Waals surface area contributed by atoms with Crippen LogP contribution in [0.2, 0.25) is 0 Å². The Bertz CT molecular complexity index is 471. The zero-order valence-electron chi connectivity index (χ0n) is 11.2. The van der Waals surface area contributed by atoms with Crippen LogP contribution >= 0.6 is 0 Å². The summed E-state index contributed by atoms with van der Waals surface area (Å²) in [7, 11) is 0. The number of hydrogen-bond donors (Lipinski definition) is 1. The van der Waals surface area contributed by atoms with Crippen molar-refractivity contribution in [2.75, 3.05) is 0 Å². The van der Waals surface area contributed by atoms with Gasteiger partial charge in [-0.25, -0.2) is 13.9 Å². The van der Waals surface area contributed by atoms with Crippen LogP contribution < -0.4 is 4.57 Å². The van der Waals surface area contributed by atoms with Crippen LogP contribution in [-0.2, 0) is 24.2 Å². The molecule has 0 saturated heterocycles. The standard InChI is InChI=1S/C13H19N3O2/c1-4-6-11-8-15(10(3)7-14)12(5-2)16(11)9-13(17)18/h8,10H,4-6,9H2,1-3H3/p+1. The summed E-state index contributed by atoms with van der Waals surface area (Å²) in [6, 6.07) is 1.92. The Hall–Kier alpha value is -1.83. The number of aromatic nitrogens is 2. The molecular weight excluding hydrogens is 230 g/mol. The van der Waals surface area contributed by atoms with Gasteiger partial charge >= 0.3 is 5.97 Å². The molecule has 1 aromatic rings. The second-order valence-corrected chi connectivity index (χ2v) is 4.33. The summed E-state index contributed by atoms with van der Waals surface area (Å²) in [5, 5.41) is 18.0. The van der Waals surface area contributed by atoms with E-state index in [1.54, 1.807) is 0 Å². The second-order valence-electron chi connectivity index (χ2n) is 4.33. The van der Waals surface area contributed by atoms with E-state index in [9.17, 15) is 4.79 Å². The maximum absolute atomic E-state index is 10.9. The quantitative estimate of drug-likeness (QED) is 0.777. The molecule has 0 bridgehead atoms. The molecule has 0 saturated carbocycles. The van der Waals surface area contributed by atoms with E-state index in [4.69, 9.17) is 10.4 Å². The Morgan fingerprint density at radius 1 is 1.61 bits per heavy atom. The average Bonchev–Trinajstić information content (AvgIpc) is 2.66. The predicted octanol–water partition coefficient (Wildman–Crippen LogP) is 1.46. The Labute approximate surface area is 107 Å². The van der Waals surface area contributed by atoms with Crippen LogP contribution in [0.25, 0.3) is 0 Å². The topological polar surface area (TPSA) is 69.9 Å². The molecular formula is C13H20N3O2+. The molecule has 1 rings (SSSR count). The molecule has 1 unspecified atom stereocenters. The van der Waals surface area contributed by atoms with Gasteiger partial charge in [0.15, 0.2) is 12.6 Å². The van der Waals surface area contributed by atoms with Gasteiger partial charge in [0.25, 0.3) is 5.82 Å². The van der Waals surface area contributed by atoms with Gasteiger partial charge in [-0.3, -0.25) is 0 Å². The highest BCUT2D eigenvalue weighted by molar-refractivity contribution is 5.66. The number of hydrogen-bond acceptors (Lipinski definition) is 2. The van der Waals surface area contributed by atoms with Crippen molar-refractivity contribution in [2.45, 2.75) is 52.6 Å². The fourth-order valence-corrected chi connectivity index (χ4v) is 2.16. The Morgan fingerprint density at radius 3 is 2.72 bits per heavy atom. The first kappa shape index (κ1) is 14.2. The minimum atomic E-state index is -0.852. The number of nitrogens with zero attached hydrogens (tertiary/aromatic N) is 3. The molecule has 0 amide bonds. The maximum atomic E-state index is 10.9. The lowest BCUT2D eigenvalue weighted by molar-refractivity contribution is -0.713. The number of carboxylic acids is 1. The van der Waals surface area contributed by atoms with Gasteiger partial charge in [0.05, 0.1) is 0 Å². The van der Waals surface area contributed by atoms with E-state index < -0.39 is 5.97 Å². The van der Waals surface area contributed by atoms with Gasteiger partial charge in [-0.2, -0.15) is 5.26 Å². The number of aliphatic carboxylic acids is 1. The maximum Gasteiger partial charge on any atom is 0.346 e. The highest BCUT2D eigenvalue weighted by atomic mass is 16.4. The van der Waals surface area contributed by atoms with Crippen molar-refractivity contribution >= 4 is 5.97 Å². The summed E-state index contributed by atoms with van der Waals surface area (Å²) >= 11 is 0. The van der Waals surface area contributed by atoms with Crippen molar-refractivity contribution < 1.29 is 14.5 Å². The van der Waals surface area contributed by atoms with Crippen LogP contribution in [0.4, 0.5) is 0 Å². The summed E-state index contributed by atoms with van der Waals surface area (Å²) in [5.74, 6) is 0.0457. The summed E-state index contributed by atoms with van der Waals surface area (Å²) in [6.07, 6.45) is 4.40. The van der Waals surface area contributed by atoms with Gasteiger partial charge in [-0.15, -0.1) is 0 Å². The first-order valence-electron chi connectivity index (χ1n) is 6.28. The monoisotopic (exact) mass is 250 g/mol. The molecule has 98 valence electrons. The number of carbonyl (C=O) groups is 1. The van der Waals surface area contributed by atoms with Gasteiger partial charge in [-0.05, 0) is 13.3 Å². The summed E-state index contributed by atoms with van der Waals surface area (Å²) in [4.78, 5) is 10.9. The molecule has 0 aromatic carbocycles. The molecule has 1 N–H and O–H groups in total. The van der Waals surface area contributed by atoms with E-state index >= 15 is 0 Å². The summed E-state index contributed by atoms with van der Waals surface area (Å²) in [6.45, 7) is 5.81. The van der Waals surface area contributed by atoms with Crippen molar-refractivity contribution in [2.24, 2.45) is 0 Å². The zero-order chi connectivity index (χ0) is 13.7. The highest BCUT2D eigenvalue weighted by Crippen LogP contribution is 2.10. The Balaban J connectivity index is 3.30. The molecule has 18 heavy (non-hydrogen) atoms. The van der Waals surface area contributed by atoms with E-state index in [0.29, 0.717) is 6.42 Å². The minimum absolute atomic E-state index is 0.0380. The number of carboxylic acid groups (broad SMARTS) is 1. The van der Waals surface area contributed by atoms with Crippen LogP contribution in [0.3, 0.4) is 0 Å². The predicted molar refractivity (Wildman–Crippen MR) is 66.0 cm³/mol. The molecule has 0 aliphatic rings. The lowest BCUT2D eigenvalue weighted by Crippen LogP contribution is -2.40. The van der Waals surface area contributed by atoms with E-state index in [1.165, 1.54) is 0 Å². The largest absolute Gasteiger partial charge is 0.478 e. The van der Waals surface area contributed by atoms with Crippen molar-refractivity contribution in [3.8, 4) is 6.07 Å². The third-order valence-corrected chi connectivity index (χ3v) is 2.96. The molecule has 1 aromatic heterocycles. The number of nitriles is 1. The van der Waals surface area contributed by atoms with Crippen molar-refractivity contribution in [3.05, 3.63) is 17.7 Å². The van der Waals surface area contributed by atoms with E-state index in [2.05, 4.69) is 13.0 Å². The number of imidazole rings is 1. The van der Waals surface area contributed by atoms with Crippen LogP contribution in [0.5, 0.6) is 0 Å². The van der Waals surface area contributed by atoms with E-state index in [0.717, 1.165) is 24.4 Å². The molecule has 0 spiro atoms. The number of rotatable bonds is 6. The molecule has 5 nitrogen and oxygen atoms in total. The van der Waals surface area contributed by atoms with Gasteiger partial charge < -0.3 is 5.11 Å². The third-order valence-electron chi connectivity index (χ3n) is 2.96. The first-order valence-corrected chi connectivity index (χ1v) is 6.28. The van der Waals surface area contributed by atoms with Crippen LogP contribution in [0.15, 0.2) is 6.20 Å². The lowest BCUT2D eigenvalue weighted by Gasteiger charge is -2.03. The highest BCUT2D eigenvalue weighted by Gasteiger charge is 2.25. The minimum Gasteiger partial charge on any atom is -0.478 e. The average molecular weight is 250 g/mol. The molecule has 0 aliphatic heterocycles. The molecule has 0 fully saturated rings.